The van der Waals surface area contributed by atoms with Gasteiger partial charge in [0.25, 0.3) is 0 Å². The molecule has 0 unspecified atom stereocenters. The highest BCUT2D eigenvalue weighted by Gasteiger charge is 2.18. The van der Waals surface area contributed by atoms with E-state index in [4.69, 9.17) is 4.42 Å². The highest BCUT2D eigenvalue weighted by atomic mass is 16.3. The summed E-state index contributed by atoms with van der Waals surface area (Å²) in [4.78, 5) is 0. The lowest BCUT2D eigenvalue weighted by Crippen LogP contribution is -1.93. The molecule has 0 amide bonds. The highest BCUT2D eigenvalue weighted by Crippen LogP contribution is 2.45. The van der Waals surface area contributed by atoms with E-state index in [2.05, 4.69) is 205 Å². The molecular weight excluding hydrogens is 703 g/mol. The lowest BCUT2D eigenvalue weighted by molar-refractivity contribution is 0.669. The van der Waals surface area contributed by atoms with Crippen LogP contribution < -0.4 is 0 Å². The lowest BCUT2D eigenvalue weighted by atomic mass is 9.85. The molecule has 2 nitrogen and oxygen atoms in total. The number of aromatic nitrogens is 1. The van der Waals surface area contributed by atoms with Crippen LogP contribution in [0.3, 0.4) is 0 Å². The monoisotopic (exact) mass is 737 g/mol. The molecule has 0 saturated heterocycles. The van der Waals surface area contributed by atoms with Gasteiger partial charge in [0, 0.05) is 27.2 Å². The lowest BCUT2D eigenvalue weighted by Gasteiger charge is -2.18. The molecule has 0 aliphatic carbocycles. The van der Waals surface area contributed by atoms with Crippen LogP contribution in [-0.4, -0.2) is 4.57 Å². The Bertz CT molecular complexity index is 3490. The number of para-hydroxylation sites is 3. The summed E-state index contributed by atoms with van der Waals surface area (Å²) in [6.45, 7) is 0. The van der Waals surface area contributed by atoms with Gasteiger partial charge < -0.3 is 8.98 Å². The number of hydrogen-bond acceptors (Lipinski definition) is 1. The van der Waals surface area contributed by atoms with Gasteiger partial charge in [-0.1, -0.05) is 158 Å². The summed E-state index contributed by atoms with van der Waals surface area (Å²) in [5.41, 5.74) is 15.1. The van der Waals surface area contributed by atoms with Crippen LogP contribution in [0.2, 0.25) is 0 Å². The molecule has 2 heteroatoms. The predicted octanol–water partition coefficient (Wildman–Crippen LogP) is 15.7. The first kappa shape index (κ1) is 32.6. The van der Waals surface area contributed by atoms with Crippen LogP contribution in [0, 0.1) is 0 Å². The van der Waals surface area contributed by atoms with E-state index in [1.54, 1.807) is 0 Å². The molecule has 12 rings (SSSR count). The van der Waals surface area contributed by atoms with E-state index in [1.807, 2.05) is 12.1 Å². The first-order valence-corrected chi connectivity index (χ1v) is 19.9. The summed E-state index contributed by atoms with van der Waals surface area (Å²) < 4.78 is 8.49. The van der Waals surface area contributed by atoms with Crippen molar-refractivity contribution in [2.24, 2.45) is 0 Å². The van der Waals surface area contributed by atoms with Gasteiger partial charge in [-0.05, 0) is 121 Å². The van der Waals surface area contributed by atoms with E-state index in [-0.39, 0.29) is 0 Å². The Hall–Kier alpha value is -7.68. The molecule has 0 atom stereocenters. The Morgan fingerprint density at radius 3 is 1.48 bits per heavy atom. The fourth-order valence-electron chi connectivity index (χ4n) is 9.35. The smallest absolute Gasteiger partial charge is 0.135 e. The van der Waals surface area contributed by atoms with Crippen molar-refractivity contribution in [2.45, 2.75) is 0 Å². The molecule has 10 aromatic carbocycles. The minimum atomic E-state index is 0.915. The van der Waals surface area contributed by atoms with E-state index in [0.717, 1.165) is 21.9 Å². The summed E-state index contributed by atoms with van der Waals surface area (Å²) in [6.07, 6.45) is 0. The summed E-state index contributed by atoms with van der Waals surface area (Å²) in [6, 6.07) is 77.1. The van der Waals surface area contributed by atoms with Gasteiger partial charge in [0.05, 0.1) is 11.0 Å². The first-order valence-electron chi connectivity index (χ1n) is 19.9. The number of furan rings is 1. The molecular formula is C56H35NO. The molecule has 0 radical (unpaired) electrons. The molecule has 0 aliphatic rings. The fourth-order valence-corrected chi connectivity index (χ4v) is 9.35. The van der Waals surface area contributed by atoms with E-state index >= 15 is 0 Å². The standard InChI is InChI=1S/C56H35NO/c1-2-15-42(16-3-1)57-51-23-10-8-17-43(51)49-34-40(29-31-52(49)57)38-13-12-14-41(33-38)56-47-21-6-4-19-45(47)55(46-20-5-7-22-48(46)56)37-27-25-36(26-28-37)39-30-32-54-50(35-39)44-18-9-11-24-53(44)58-54/h1-35H. The van der Waals surface area contributed by atoms with Crippen LogP contribution in [-0.2, 0) is 0 Å². The largest absolute Gasteiger partial charge is 0.456 e. The maximum atomic E-state index is 6.12. The highest BCUT2D eigenvalue weighted by molar-refractivity contribution is 6.21. The normalized spacial score (nSPS) is 11.8. The summed E-state index contributed by atoms with van der Waals surface area (Å²) in [5.74, 6) is 0. The third-order valence-corrected chi connectivity index (χ3v) is 12.0. The second kappa shape index (κ2) is 12.9. The maximum absolute atomic E-state index is 6.12. The average Bonchev–Trinajstić information content (AvgIpc) is 3.84. The molecule has 270 valence electrons. The van der Waals surface area contributed by atoms with Gasteiger partial charge in [0.15, 0.2) is 0 Å². The number of benzene rings is 10. The Labute approximate surface area is 335 Å². The predicted molar refractivity (Wildman–Crippen MR) is 245 cm³/mol. The topological polar surface area (TPSA) is 18.1 Å². The zero-order chi connectivity index (χ0) is 38.2. The van der Waals surface area contributed by atoms with E-state index in [1.165, 1.54) is 93.5 Å². The molecule has 0 saturated carbocycles. The Kier molecular flexibility index (Phi) is 7.26. The summed E-state index contributed by atoms with van der Waals surface area (Å²) in [5, 5.41) is 9.79. The molecule has 2 aromatic heterocycles. The van der Waals surface area contributed by atoms with Crippen molar-refractivity contribution in [2.75, 3.05) is 0 Å². The van der Waals surface area contributed by atoms with Crippen LogP contribution >= 0.6 is 0 Å². The molecule has 0 fully saturated rings. The fraction of sp³-hybridized carbons (Fsp3) is 0. The second-order valence-electron chi connectivity index (χ2n) is 15.2. The van der Waals surface area contributed by atoms with Gasteiger partial charge in [-0.3, -0.25) is 0 Å². The van der Waals surface area contributed by atoms with Crippen LogP contribution in [0.1, 0.15) is 0 Å². The molecule has 0 spiro atoms. The average molecular weight is 738 g/mol. The number of rotatable bonds is 5. The minimum Gasteiger partial charge on any atom is -0.456 e. The summed E-state index contributed by atoms with van der Waals surface area (Å²) in [7, 11) is 0. The number of fused-ring (bicyclic) bond motifs is 8. The molecule has 0 bridgehead atoms. The molecule has 12 aromatic rings. The van der Waals surface area contributed by atoms with Crippen molar-refractivity contribution in [3.63, 3.8) is 0 Å². The van der Waals surface area contributed by atoms with Crippen molar-refractivity contribution in [1.29, 1.82) is 0 Å². The third-order valence-electron chi connectivity index (χ3n) is 12.0. The van der Waals surface area contributed by atoms with Crippen molar-refractivity contribution >= 4 is 65.3 Å². The van der Waals surface area contributed by atoms with Crippen molar-refractivity contribution < 1.29 is 4.42 Å². The van der Waals surface area contributed by atoms with Gasteiger partial charge in [-0.2, -0.15) is 0 Å². The molecule has 58 heavy (non-hydrogen) atoms. The van der Waals surface area contributed by atoms with Crippen molar-refractivity contribution in [3.8, 4) is 50.2 Å². The van der Waals surface area contributed by atoms with Crippen LogP contribution in [0.25, 0.3) is 115 Å². The SMILES string of the molecule is c1ccc(-n2c3ccccc3c3cc(-c4cccc(-c5c6ccccc6c(-c6ccc(-c7ccc8oc9ccccc9c8c7)cc6)c6ccccc56)c4)ccc32)cc1. The van der Waals surface area contributed by atoms with E-state index in [9.17, 15) is 0 Å². The quantitative estimate of drug-likeness (QED) is 0.161. The third kappa shape index (κ3) is 5.05. The molecule has 0 N–H and O–H groups in total. The van der Waals surface area contributed by atoms with Crippen LogP contribution in [0.4, 0.5) is 0 Å². The van der Waals surface area contributed by atoms with E-state index in [0.29, 0.717) is 0 Å². The zero-order valence-electron chi connectivity index (χ0n) is 31.6. The summed E-state index contributed by atoms with van der Waals surface area (Å²) >= 11 is 0. The van der Waals surface area contributed by atoms with Gasteiger partial charge in [0.2, 0.25) is 0 Å². The zero-order valence-corrected chi connectivity index (χ0v) is 31.6. The minimum absolute atomic E-state index is 0.915. The first-order chi connectivity index (χ1) is 28.8. The Balaban J connectivity index is 0.981. The molecule has 2 heterocycles. The molecule has 0 aliphatic heterocycles. The van der Waals surface area contributed by atoms with Crippen LogP contribution in [0.15, 0.2) is 217 Å². The van der Waals surface area contributed by atoms with Gasteiger partial charge in [-0.25, -0.2) is 0 Å². The second-order valence-corrected chi connectivity index (χ2v) is 15.2. The Morgan fingerprint density at radius 2 is 0.741 bits per heavy atom. The maximum Gasteiger partial charge on any atom is 0.135 e. The van der Waals surface area contributed by atoms with Gasteiger partial charge in [0.1, 0.15) is 11.2 Å². The van der Waals surface area contributed by atoms with Gasteiger partial charge in [-0.15, -0.1) is 0 Å². The number of nitrogens with zero attached hydrogens (tertiary/aromatic N) is 1. The number of hydrogen-bond donors (Lipinski definition) is 0. The van der Waals surface area contributed by atoms with Crippen LogP contribution in [0.5, 0.6) is 0 Å². The van der Waals surface area contributed by atoms with Crippen molar-refractivity contribution in [3.05, 3.63) is 212 Å². The van der Waals surface area contributed by atoms with E-state index < -0.39 is 0 Å². The van der Waals surface area contributed by atoms with Crippen molar-refractivity contribution in [1.82, 2.24) is 4.57 Å². The van der Waals surface area contributed by atoms with Gasteiger partial charge >= 0.3 is 0 Å². The Morgan fingerprint density at radius 1 is 0.259 bits per heavy atom.